The largest absolute Gasteiger partial charge is 0.508 e. The molecule has 0 amide bonds. The van der Waals surface area contributed by atoms with E-state index in [9.17, 15) is 5.11 Å². The number of aliphatic hydroxyl groups excluding tert-OH is 2. The topological polar surface area (TPSA) is 144 Å². The Kier molecular flexibility index (Phi) is 38.5. The summed E-state index contributed by atoms with van der Waals surface area (Å²) >= 11 is 0. The zero-order chi connectivity index (χ0) is 33.4. The van der Waals surface area contributed by atoms with Gasteiger partial charge in [0.1, 0.15) is 5.75 Å². The number of hydrogen-bond acceptors (Lipinski definition) is 12. The number of rotatable bonds is 35. The number of phenolic OH excluding ortho intramolecular Hbond substituents is 1. The average Bonchev–Trinajstić information content (AvgIpc) is 3.07. The molecule has 1 aromatic rings. The fraction of sp³-hybridized carbons (Fsp3) is 0.824. The monoisotopic (exact) mass is 664 g/mol. The molecule has 272 valence electrons. The first-order valence-corrected chi connectivity index (χ1v) is 16.9. The predicted octanol–water partition coefficient (Wildman–Crippen LogP) is 3.42. The molecular formula is C34H64O12. The first-order valence-electron chi connectivity index (χ1n) is 16.9. The lowest BCUT2D eigenvalue weighted by atomic mass is 10.0. The van der Waals surface area contributed by atoms with Gasteiger partial charge in [0.25, 0.3) is 0 Å². The molecule has 0 aromatic heterocycles. The molecule has 1 aromatic carbocycles. The van der Waals surface area contributed by atoms with Gasteiger partial charge in [-0.1, -0.05) is 57.2 Å². The molecule has 0 aliphatic heterocycles. The summed E-state index contributed by atoms with van der Waals surface area (Å²) in [7, 11) is 0. The van der Waals surface area contributed by atoms with E-state index in [1.165, 1.54) is 38.5 Å². The minimum Gasteiger partial charge on any atom is -0.508 e. The smallest absolute Gasteiger partial charge is 0.118 e. The average molecular weight is 665 g/mol. The highest BCUT2D eigenvalue weighted by atomic mass is 16.6. The summed E-state index contributed by atoms with van der Waals surface area (Å²) in [5.74, 6) is 0.450. The maximum Gasteiger partial charge on any atom is 0.118 e. The summed E-state index contributed by atoms with van der Waals surface area (Å²) in [6.45, 7) is 11.0. The number of ether oxygens (including phenoxy) is 9. The fourth-order valence-corrected chi connectivity index (χ4v) is 3.81. The number of unbranched alkanes of at least 4 members (excludes halogenated alkanes) is 5. The Bertz CT molecular complexity index is 670. The van der Waals surface area contributed by atoms with E-state index in [1.807, 2.05) is 18.2 Å². The SMILES string of the molecule is CCCCCCCCc1ccccc1O.OCCOCCOCCOCCOCCOCCOCCOCCOCCOCCO. The molecule has 12 heteroatoms. The highest BCUT2D eigenvalue weighted by Crippen LogP contribution is 2.18. The molecule has 0 aliphatic rings. The van der Waals surface area contributed by atoms with Gasteiger partial charge in [0, 0.05) is 0 Å². The van der Waals surface area contributed by atoms with Crippen molar-refractivity contribution in [2.75, 3.05) is 132 Å². The standard InChI is InChI=1S/C20H42O11.C14H22O/c21-1-3-23-5-7-25-9-11-27-13-15-29-17-19-31-20-18-30-16-14-28-12-10-26-8-6-24-4-2-22;1-2-3-4-5-6-7-10-13-11-8-9-12-14(13)15/h21-22H,1-20H2;8-9,11-12,15H,2-7,10H2,1H3. The number of aliphatic hydroxyl groups is 2. The first-order chi connectivity index (χ1) is 22.8. The first kappa shape index (κ1) is 44.6. The molecule has 3 N–H and O–H groups in total. The number of hydrogen-bond donors (Lipinski definition) is 3. The Balaban J connectivity index is 0.00000112. The van der Waals surface area contributed by atoms with Crippen molar-refractivity contribution in [2.45, 2.75) is 51.9 Å². The summed E-state index contributed by atoms with van der Waals surface area (Å²) in [4.78, 5) is 0. The molecule has 0 heterocycles. The zero-order valence-corrected chi connectivity index (χ0v) is 28.4. The Labute approximate surface area is 277 Å². The van der Waals surface area contributed by atoms with Gasteiger partial charge in [0.15, 0.2) is 0 Å². The van der Waals surface area contributed by atoms with Crippen molar-refractivity contribution >= 4 is 0 Å². The lowest BCUT2D eigenvalue weighted by Crippen LogP contribution is -2.15. The van der Waals surface area contributed by atoms with Crippen LogP contribution in [0.2, 0.25) is 0 Å². The van der Waals surface area contributed by atoms with Gasteiger partial charge in [-0.2, -0.15) is 0 Å². The van der Waals surface area contributed by atoms with Crippen LogP contribution in [0.15, 0.2) is 24.3 Å². The van der Waals surface area contributed by atoms with Gasteiger partial charge in [-0.3, -0.25) is 0 Å². The van der Waals surface area contributed by atoms with Crippen LogP contribution in [-0.2, 0) is 49.1 Å². The van der Waals surface area contributed by atoms with Crippen molar-refractivity contribution in [3.05, 3.63) is 29.8 Å². The molecule has 46 heavy (non-hydrogen) atoms. The molecule has 0 saturated carbocycles. The molecule has 0 unspecified atom stereocenters. The second kappa shape index (κ2) is 39.8. The van der Waals surface area contributed by atoms with E-state index in [4.69, 9.17) is 52.8 Å². The van der Waals surface area contributed by atoms with Crippen molar-refractivity contribution in [2.24, 2.45) is 0 Å². The predicted molar refractivity (Wildman–Crippen MR) is 177 cm³/mol. The molecule has 0 atom stereocenters. The van der Waals surface area contributed by atoms with Crippen molar-refractivity contribution in [1.82, 2.24) is 0 Å². The van der Waals surface area contributed by atoms with E-state index in [0.29, 0.717) is 125 Å². The summed E-state index contributed by atoms with van der Waals surface area (Å²) in [6.07, 6.45) is 8.85. The second-order valence-electron chi connectivity index (χ2n) is 10.1. The molecule has 1 rings (SSSR count). The fourth-order valence-electron chi connectivity index (χ4n) is 3.81. The van der Waals surface area contributed by atoms with Gasteiger partial charge in [0.2, 0.25) is 0 Å². The molecule has 0 aliphatic carbocycles. The van der Waals surface area contributed by atoms with Crippen molar-refractivity contribution in [1.29, 1.82) is 0 Å². The number of para-hydroxylation sites is 1. The van der Waals surface area contributed by atoms with E-state index in [-0.39, 0.29) is 13.2 Å². The van der Waals surface area contributed by atoms with Crippen LogP contribution in [0, 0.1) is 0 Å². The molecule has 12 nitrogen and oxygen atoms in total. The minimum absolute atomic E-state index is 0.0278. The van der Waals surface area contributed by atoms with Crippen LogP contribution in [-0.4, -0.2) is 147 Å². The number of phenols is 1. The maximum atomic E-state index is 9.55. The van der Waals surface area contributed by atoms with Crippen LogP contribution in [0.1, 0.15) is 51.0 Å². The Morgan fingerprint density at radius 2 is 0.717 bits per heavy atom. The number of aromatic hydroxyl groups is 1. The van der Waals surface area contributed by atoms with Crippen LogP contribution in [0.3, 0.4) is 0 Å². The summed E-state index contributed by atoms with van der Waals surface area (Å²) in [5.41, 5.74) is 1.09. The van der Waals surface area contributed by atoms with Crippen LogP contribution in [0.5, 0.6) is 5.75 Å². The minimum atomic E-state index is 0.0278. The lowest BCUT2D eigenvalue weighted by Gasteiger charge is -2.08. The van der Waals surface area contributed by atoms with Crippen LogP contribution in [0.4, 0.5) is 0 Å². The third-order valence-corrected chi connectivity index (χ3v) is 6.24. The highest BCUT2D eigenvalue weighted by Gasteiger charge is 1.99. The summed E-state index contributed by atoms with van der Waals surface area (Å²) in [6, 6.07) is 7.65. The number of benzene rings is 1. The Morgan fingerprint density at radius 3 is 1.04 bits per heavy atom. The van der Waals surface area contributed by atoms with Gasteiger partial charge in [-0.25, -0.2) is 0 Å². The van der Waals surface area contributed by atoms with Gasteiger partial charge in [-0.05, 0) is 24.5 Å². The molecule has 0 bridgehead atoms. The Hall–Kier alpha value is -1.42. The molecule has 0 fully saturated rings. The molecule has 0 spiro atoms. The normalized spacial score (nSPS) is 11.1. The van der Waals surface area contributed by atoms with E-state index < -0.39 is 0 Å². The molecular weight excluding hydrogens is 600 g/mol. The van der Waals surface area contributed by atoms with Gasteiger partial charge >= 0.3 is 0 Å². The quantitative estimate of drug-likeness (QED) is 0.0915. The zero-order valence-electron chi connectivity index (χ0n) is 28.4. The number of aryl methyl sites for hydroxylation is 1. The maximum absolute atomic E-state index is 9.55. The third kappa shape index (κ3) is 35.4. The van der Waals surface area contributed by atoms with E-state index >= 15 is 0 Å². The van der Waals surface area contributed by atoms with Gasteiger partial charge in [0.05, 0.1) is 132 Å². The highest BCUT2D eigenvalue weighted by molar-refractivity contribution is 5.31. The third-order valence-electron chi connectivity index (χ3n) is 6.24. The molecule has 0 saturated heterocycles. The molecule has 0 radical (unpaired) electrons. The van der Waals surface area contributed by atoms with E-state index in [1.54, 1.807) is 6.07 Å². The van der Waals surface area contributed by atoms with Crippen molar-refractivity contribution in [3.63, 3.8) is 0 Å². The summed E-state index contributed by atoms with van der Waals surface area (Å²) < 4.78 is 47.7. The van der Waals surface area contributed by atoms with Gasteiger partial charge < -0.3 is 58.0 Å². The van der Waals surface area contributed by atoms with E-state index in [2.05, 4.69) is 6.92 Å². The van der Waals surface area contributed by atoms with Crippen LogP contribution >= 0.6 is 0 Å². The van der Waals surface area contributed by atoms with Crippen molar-refractivity contribution in [3.8, 4) is 5.75 Å². The van der Waals surface area contributed by atoms with E-state index in [0.717, 1.165) is 12.0 Å². The summed E-state index contributed by atoms with van der Waals surface area (Å²) in [5, 5.41) is 26.6. The van der Waals surface area contributed by atoms with Crippen molar-refractivity contribution < 1.29 is 58.0 Å². The second-order valence-corrected chi connectivity index (χ2v) is 10.1. The van der Waals surface area contributed by atoms with Crippen LogP contribution < -0.4 is 0 Å². The Morgan fingerprint density at radius 1 is 0.413 bits per heavy atom. The van der Waals surface area contributed by atoms with Gasteiger partial charge in [-0.15, -0.1) is 0 Å². The lowest BCUT2D eigenvalue weighted by molar-refractivity contribution is -0.0260. The van der Waals surface area contributed by atoms with Crippen LogP contribution in [0.25, 0.3) is 0 Å².